The molecule has 0 bridgehead atoms. The molecule has 0 aromatic rings. The first-order chi connectivity index (χ1) is 9.29. The van der Waals surface area contributed by atoms with Crippen LogP contribution in [0, 0.1) is 5.41 Å². The summed E-state index contributed by atoms with van der Waals surface area (Å²) in [6.07, 6.45) is 6.59. The Labute approximate surface area is 117 Å². The van der Waals surface area contributed by atoms with Gasteiger partial charge in [0.05, 0.1) is 25.9 Å². The fraction of sp³-hybridized carbons (Fsp3) is 1.00. The molecule has 1 heterocycles. The molecular formula is C15H30N2O2. The van der Waals surface area contributed by atoms with Crippen molar-refractivity contribution in [2.75, 3.05) is 46.0 Å². The lowest BCUT2D eigenvalue weighted by molar-refractivity contribution is -0.0440. The van der Waals surface area contributed by atoms with E-state index in [0.29, 0.717) is 12.0 Å². The molecule has 0 aromatic heterocycles. The Hall–Kier alpha value is -0.160. The third-order valence-electron chi connectivity index (χ3n) is 4.69. The Morgan fingerprint density at radius 1 is 1.37 bits per heavy atom. The van der Waals surface area contributed by atoms with E-state index in [1.807, 2.05) is 0 Å². The van der Waals surface area contributed by atoms with Gasteiger partial charge in [-0.05, 0) is 31.2 Å². The molecule has 1 aliphatic heterocycles. The first-order valence-corrected chi connectivity index (χ1v) is 7.93. The number of rotatable bonds is 7. The molecule has 4 heteroatoms. The standard InChI is InChI=1S/C15H30N2O2/c1-2-7-16-12-15(5-3-4-6-15)13-17-8-9-19-11-14(17)10-18/h14,16,18H,2-13H2,1H3. The molecule has 0 radical (unpaired) electrons. The molecule has 1 aliphatic carbocycles. The monoisotopic (exact) mass is 270 g/mol. The second-order valence-corrected chi connectivity index (χ2v) is 6.27. The van der Waals surface area contributed by atoms with E-state index in [-0.39, 0.29) is 12.6 Å². The molecule has 19 heavy (non-hydrogen) atoms. The molecule has 2 fully saturated rings. The highest BCUT2D eigenvalue weighted by Crippen LogP contribution is 2.38. The summed E-state index contributed by atoms with van der Waals surface area (Å²) in [7, 11) is 0. The van der Waals surface area contributed by atoms with Gasteiger partial charge in [0.2, 0.25) is 0 Å². The maximum atomic E-state index is 9.50. The van der Waals surface area contributed by atoms with E-state index in [9.17, 15) is 5.11 Å². The number of aliphatic hydroxyl groups is 1. The van der Waals surface area contributed by atoms with E-state index < -0.39 is 0 Å². The zero-order valence-corrected chi connectivity index (χ0v) is 12.4. The lowest BCUT2D eigenvalue weighted by Gasteiger charge is -2.41. The molecule has 112 valence electrons. The Morgan fingerprint density at radius 2 is 2.16 bits per heavy atom. The largest absolute Gasteiger partial charge is 0.395 e. The van der Waals surface area contributed by atoms with Gasteiger partial charge in [-0.2, -0.15) is 0 Å². The van der Waals surface area contributed by atoms with Crippen LogP contribution in [0.25, 0.3) is 0 Å². The van der Waals surface area contributed by atoms with Gasteiger partial charge in [0.15, 0.2) is 0 Å². The summed E-state index contributed by atoms with van der Waals surface area (Å²) in [5.74, 6) is 0. The third kappa shape index (κ3) is 4.15. The van der Waals surface area contributed by atoms with Crippen molar-refractivity contribution in [3.63, 3.8) is 0 Å². The van der Waals surface area contributed by atoms with Crippen LogP contribution in [0.15, 0.2) is 0 Å². The molecule has 2 rings (SSSR count). The van der Waals surface area contributed by atoms with E-state index in [0.717, 1.165) is 32.8 Å². The molecule has 1 saturated heterocycles. The summed E-state index contributed by atoms with van der Waals surface area (Å²) < 4.78 is 5.48. The van der Waals surface area contributed by atoms with Crippen molar-refractivity contribution in [1.82, 2.24) is 10.2 Å². The van der Waals surface area contributed by atoms with Crippen molar-refractivity contribution in [1.29, 1.82) is 0 Å². The summed E-state index contributed by atoms with van der Waals surface area (Å²) in [5, 5.41) is 13.1. The van der Waals surface area contributed by atoms with Gasteiger partial charge in [-0.25, -0.2) is 0 Å². The first-order valence-electron chi connectivity index (χ1n) is 7.93. The van der Waals surface area contributed by atoms with Crippen LogP contribution in [-0.4, -0.2) is 62.0 Å². The number of nitrogens with one attached hydrogen (secondary N) is 1. The second kappa shape index (κ2) is 7.58. The van der Waals surface area contributed by atoms with Crippen molar-refractivity contribution in [3.05, 3.63) is 0 Å². The Bertz CT molecular complexity index is 255. The Kier molecular flexibility index (Phi) is 6.07. The molecule has 0 spiro atoms. The number of aliphatic hydroxyl groups excluding tert-OH is 1. The number of ether oxygens (including phenoxy) is 1. The Morgan fingerprint density at radius 3 is 2.84 bits per heavy atom. The average molecular weight is 270 g/mol. The lowest BCUT2D eigenvalue weighted by Crippen LogP contribution is -2.53. The zero-order valence-electron chi connectivity index (χ0n) is 12.4. The minimum absolute atomic E-state index is 0.206. The fourth-order valence-electron chi connectivity index (χ4n) is 3.54. The summed E-state index contributed by atoms with van der Waals surface area (Å²) in [6, 6.07) is 0.206. The molecule has 2 aliphatic rings. The molecule has 0 amide bonds. The highest BCUT2D eigenvalue weighted by molar-refractivity contribution is 4.91. The van der Waals surface area contributed by atoms with Crippen LogP contribution in [0.3, 0.4) is 0 Å². The van der Waals surface area contributed by atoms with Gasteiger partial charge < -0.3 is 15.2 Å². The predicted molar refractivity (Wildman–Crippen MR) is 77.3 cm³/mol. The fourth-order valence-corrected chi connectivity index (χ4v) is 3.54. The van der Waals surface area contributed by atoms with Crippen molar-refractivity contribution in [2.45, 2.75) is 45.1 Å². The number of nitrogens with zero attached hydrogens (tertiary/aromatic N) is 1. The van der Waals surface area contributed by atoms with Crippen LogP contribution in [0.5, 0.6) is 0 Å². The molecule has 1 unspecified atom stereocenters. The van der Waals surface area contributed by atoms with Gasteiger partial charge in [0.25, 0.3) is 0 Å². The third-order valence-corrected chi connectivity index (χ3v) is 4.69. The van der Waals surface area contributed by atoms with Gasteiger partial charge in [0, 0.05) is 19.6 Å². The van der Waals surface area contributed by atoms with Gasteiger partial charge >= 0.3 is 0 Å². The predicted octanol–water partition coefficient (Wildman–Crippen LogP) is 1.24. The maximum absolute atomic E-state index is 9.50. The summed E-state index contributed by atoms with van der Waals surface area (Å²) >= 11 is 0. The van der Waals surface area contributed by atoms with Crippen LogP contribution in [0.4, 0.5) is 0 Å². The molecule has 1 atom stereocenters. The highest BCUT2D eigenvalue weighted by atomic mass is 16.5. The van der Waals surface area contributed by atoms with Crippen LogP contribution in [0.2, 0.25) is 0 Å². The van der Waals surface area contributed by atoms with Gasteiger partial charge in [0.1, 0.15) is 0 Å². The van der Waals surface area contributed by atoms with Crippen molar-refractivity contribution in [3.8, 4) is 0 Å². The first kappa shape index (κ1) is 15.2. The van der Waals surface area contributed by atoms with Gasteiger partial charge in [-0.3, -0.25) is 4.90 Å². The van der Waals surface area contributed by atoms with E-state index in [4.69, 9.17) is 4.74 Å². The van der Waals surface area contributed by atoms with E-state index in [2.05, 4.69) is 17.1 Å². The minimum atomic E-state index is 0.206. The van der Waals surface area contributed by atoms with Crippen molar-refractivity contribution < 1.29 is 9.84 Å². The maximum Gasteiger partial charge on any atom is 0.0644 e. The lowest BCUT2D eigenvalue weighted by atomic mass is 9.84. The van der Waals surface area contributed by atoms with Crippen molar-refractivity contribution in [2.24, 2.45) is 5.41 Å². The summed E-state index contributed by atoms with van der Waals surface area (Å²) in [6.45, 7) is 8.30. The minimum Gasteiger partial charge on any atom is -0.395 e. The van der Waals surface area contributed by atoms with Crippen LogP contribution >= 0.6 is 0 Å². The average Bonchev–Trinajstić information content (AvgIpc) is 2.88. The van der Waals surface area contributed by atoms with Gasteiger partial charge in [-0.15, -0.1) is 0 Å². The summed E-state index contributed by atoms with van der Waals surface area (Å²) in [5.41, 5.74) is 0.430. The molecule has 0 aromatic carbocycles. The van der Waals surface area contributed by atoms with Crippen LogP contribution < -0.4 is 5.32 Å². The van der Waals surface area contributed by atoms with Gasteiger partial charge in [-0.1, -0.05) is 19.8 Å². The zero-order chi connectivity index (χ0) is 13.6. The van der Waals surface area contributed by atoms with Crippen molar-refractivity contribution >= 4 is 0 Å². The topological polar surface area (TPSA) is 44.7 Å². The van der Waals surface area contributed by atoms with E-state index >= 15 is 0 Å². The SMILES string of the molecule is CCCNCC1(CN2CCOCC2CO)CCCC1. The summed E-state index contributed by atoms with van der Waals surface area (Å²) in [4.78, 5) is 2.46. The molecule has 2 N–H and O–H groups in total. The molecule has 4 nitrogen and oxygen atoms in total. The van der Waals surface area contributed by atoms with Crippen LogP contribution in [-0.2, 0) is 4.74 Å². The number of hydrogen-bond acceptors (Lipinski definition) is 4. The number of morpholine rings is 1. The Balaban J connectivity index is 1.91. The highest BCUT2D eigenvalue weighted by Gasteiger charge is 2.37. The quantitative estimate of drug-likeness (QED) is 0.683. The van der Waals surface area contributed by atoms with E-state index in [1.165, 1.54) is 32.1 Å². The van der Waals surface area contributed by atoms with Crippen LogP contribution in [0.1, 0.15) is 39.0 Å². The molecular weight excluding hydrogens is 240 g/mol. The molecule has 1 saturated carbocycles. The second-order valence-electron chi connectivity index (χ2n) is 6.27. The smallest absolute Gasteiger partial charge is 0.0644 e. The normalized spacial score (nSPS) is 27.8. The van der Waals surface area contributed by atoms with E-state index in [1.54, 1.807) is 0 Å². The number of hydrogen-bond donors (Lipinski definition) is 2.